The fourth-order valence-corrected chi connectivity index (χ4v) is 2.42. The van der Waals surface area contributed by atoms with Crippen LogP contribution in [-0.2, 0) is 9.47 Å². The summed E-state index contributed by atoms with van der Waals surface area (Å²) in [7, 11) is 0. The second-order valence-corrected chi connectivity index (χ2v) is 4.80. The summed E-state index contributed by atoms with van der Waals surface area (Å²) >= 11 is 1.58. The van der Waals surface area contributed by atoms with E-state index in [9.17, 15) is 4.39 Å². The molecule has 0 saturated heterocycles. The van der Waals surface area contributed by atoms with Crippen molar-refractivity contribution in [1.82, 2.24) is 0 Å². The second kappa shape index (κ2) is 8.34. The summed E-state index contributed by atoms with van der Waals surface area (Å²) in [6.07, 6.45) is 0.609. The molecule has 0 saturated carbocycles. The van der Waals surface area contributed by atoms with Crippen LogP contribution in [0, 0.1) is 5.82 Å². The average molecular weight is 273 g/mol. The maximum Gasteiger partial charge on any atom is 0.158 e. The highest BCUT2D eigenvalue weighted by atomic mass is 32.2. The van der Waals surface area contributed by atoms with Crippen molar-refractivity contribution >= 4 is 17.4 Å². The molecule has 0 amide bonds. The van der Waals surface area contributed by atoms with Gasteiger partial charge >= 0.3 is 0 Å². The van der Waals surface area contributed by atoms with Gasteiger partial charge in [0.25, 0.3) is 0 Å². The van der Waals surface area contributed by atoms with Crippen molar-refractivity contribution in [2.45, 2.75) is 31.5 Å². The van der Waals surface area contributed by atoms with E-state index in [1.807, 2.05) is 13.8 Å². The third kappa shape index (κ3) is 5.25. The molecule has 0 fully saturated rings. The first-order chi connectivity index (χ1) is 8.67. The fraction of sp³-hybridized carbons (Fsp3) is 0.538. The van der Waals surface area contributed by atoms with Gasteiger partial charge in [0.2, 0.25) is 0 Å². The molecule has 102 valence electrons. The minimum Gasteiger partial charge on any atom is -0.398 e. The van der Waals surface area contributed by atoms with Gasteiger partial charge < -0.3 is 15.2 Å². The Balaban J connectivity index is 2.39. The summed E-state index contributed by atoms with van der Waals surface area (Å²) in [5.41, 5.74) is 6.21. The Morgan fingerprint density at radius 3 is 2.50 bits per heavy atom. The molecule has 2 N–H and O–H groups in total. The van der Waals surface area contributed by atoms with Gasteiger partial charge in [-0.15, -0.1) is 11.8 Å². The lowest BCUT2D eigenvalue weighted by molar-refractivity contribution is -0.136. The maximum atomic E-state index is 12.9. The summed E-state index contributed by atoms with van der Waals surface area (Å²) in [6, 6.07) is 4.46. The molecule has 0 unspecified atom stereocenters. The van der Waals surface area contributed by atoms with E-state index in [-0.39, 0.29) is 12.1 Å². The fourth-order valence-electron chi connectivity index (χ4n) is 1.50. The van der Waals surface area contributed by atoms with Crippen molar-refractivity contribution in [2.24, 2.45) is 0 Å². The molecule has 1 rings (SSSR count). The Hall–Kier alpha value is -0.780. The average Bonchev–Trinajstić information content (AvgIpc) is 2.32. The van der Waals surface area contributed by atoms with Gasteiger partial charge in [0.05, 0.1) is 0 Å². The zero-order valence-corrected chi connectivity index (χ0v) is 11.6. The van der Waals surface area contributed by atoms with Crippen LogP contribution in [0.5, 0.6) is 0 Å². The Bertz CT molecular complexity index is 357. The quantitative estimate of drug-likeness (QED) is 0.448. The minimum atomic E-state index is -0.307. The molecule has 0 aromatic heterocycles. The van der Waals surface area contributed by atoms with Gasteiger partial charge in [-0.1, -0.05) is 0 Å². The summed E-state index contributed by atoms with van der Waals surface area (Å²) in [4.78, 5) is 0.892. The zero-order valence-electron chi connectivity index (χ0n) is 10.8. The van der Waals surface area contributed by atoms with Crippen LogP contribution in [0.15, 0.2) is 23.1 Å². The number of hydrogen-bond donors (Lipinski definition) is 1. The second-order valence-electron chi connectivity index (χ2n) is 3.66. The van der Waals surface area contributed by atoms with Gasteiger partial charge in [0.15, 0.2) is 6.29 Å². The van der Waals surface area contributed by atoms with Gasteiger partial charge in [-0.3, -0.25) is 0 Å². The SMILES string of the molecule is CCOC(CCSc1ccc(F)cc1N)OCC. The van der Waals surface area contributed by atoms with Crippen molar-refractivity contribution in [3.63, 3.8) is 0 Å². The smallest absolute Gasteiger partial charge is 0.158 e. The van der Waals surface area contributed by atoms with E-state index in [1.165, 1.54) is 12.1 Å². The van der Waals surface area contributed by atoms with E-state index in [4.69, 9.17) is 15.2 Å². The van der Waals surface area contributed by atoms with E-state index in [1.54, 1.807) is 17.8 Å². The highest BCUT2D eigenvalue weighted by Gasteiger charge is 2.08. The summed E-state index contributed by atoms with van der Waals surface area (Å²) in [5.74, 6) is 0.513. The van der Waals surface area contributed by atoms with Crippen LogP contribution in [0.2, 0.25) is 0 Å². The predicted molar refractivity (Wildman–Crippen MR) is 73.2 cm³/mol. The van der Waals surface area contributed by atoms with E-state index in [0.717, 1.165) is 17.1 Å². The first-order valence-corrected chi connectivity index (χ1v) is 7.07. The third-order valence-corrected chi connectivity index (χ3v) is 3.41. The minimum absolute atomic E-state index is 0.172. The highest BCUT2D eigenvalue weighted by Crippen LogP contribution is 2.26. The zero-order chi connectivity index (χ0) is 13.4. The molecule has 0 atom stereocenters. The molecule has 0 bridgehead atoms. The number of rotatable bonds is 8. The monoisotopic (exact) mass is 273 g/mol. The number of nitrogens with two attached hydrogens (primary N) is 1. The third-order valence-electron chi connectivity index (χ3n) is 2.29. The number of thioether (sulfide) groups is 1. The van der Waals surface area contributed by atoms with Gasteiger partial charge in [-0.2, -0.15) is 0 Å². The first kappa shape index (κ1) is 15.3. The van der Waals surface area contributed by atoms with Crippen molar-refractivity contribution in [3.05, 3.63) is 24.0 Å². The molecule has 0 aliphatic rings. The number of nitrogen functional groups attached to an aromatic ring is 1. The lowest BCUT2D eigenvalue weighted by atomic mass is 10.3. The standard InChI is InChI=1S/C13H20FNO2S/c1-3-16-13(17-4-2)7-8-18-12-6-5-10(14)9-11(12)15/h5-6,9,13H,3-4,7-8,15H2,1-2H3. The number of benzene rings is 1. The van der Waals surface area contributed by atoms with Crippen LogP contribution in [-0.4, -0.2) is 25.3 Å². The molecule has 5 heteroatoms. The van der Waals surface area contributed by atoms with Crippen molar-refractivity contribution in [2.75, 3.05) is 24.7 Å². The van der Waals surface area contributed by atoms with E-state index in [2.05, 4.69) is 0 Å². The van der Waals surface area contributed by atoms with Gasteiger partial charge in [-0.05, 0) is 32.0 Å². The number of ether oxygens (including phenoxy) is 2. The number of anilines is 1. The van der Waals surface area contributed by atoms with Crippen LogP contribution in [0.1, 0.15) is 20.3 Å². The Labute approximate surface area is 112 Å². The molecule has 0 aliphatic heterocycles. The van der Waals surface area contributed by atoms with Crippen molar-refractivity contribution in [3.8, 4) is 0 Å². The molecule has 0 aliphatic carbocycles. The topological polar surface area (TPSA) is 44.5 Å². The van der Waals surface area contributed by atoms with Crippen LogP contribution < -0.4 is 5.73 Å². The molecule has 1 aromatic carbocycles. The normalized spacial score (nSPS) is 11.1. The lowest BCUT2D eigenvalue weighted by Crippen LogP contribution is -2.18. The largest absolute Gasteiger partial charge is 0.398 e. The van der Waals surface area contributed by atoms with Gasteiger partial charge in [0.1, 0.15) is 5.82 Å². The highest BCUT2D eigenvalue weighted by molar-refractivity contribution is 7.99. The summed E-state index contributed by atoms with van der Waals surface area (Å²) < 4.78 is 23.8. The van der Waals surface area contributed by atoms with Gasteiger partial charge in [-0.25, -0.2) is 4.39 Å². The molecule has 0 radical (unpaired) electrons. The van der Waals surface area contributed by atoms with Crippen LogP contribution in [0.4, 0.5) is 10.1 Å². The molecule has 1 aromatic rings. The molecule has 3 nitrogen and oxygen atoms in total. The van der Waals surface area contributed by atoms with Crippen molar-refractivity contribution < 1.29 is 13.9 Å². The lowest BCUT2D eigenvalue weighted by Gasteiger charge is -2.16. The number of halogens is 1. The Kier molecular flexibility index (Phi) is 7.08. The molecule has 18 heavy (non-hydrogen) atoms. The Morgan fingerprint density at radius 1 is 1.28 bits per heavy atom. The van der Waals surface area contributed by atoms with E-state index < -0.39 is 0 Å². The number of hydrogen-bond acceptors (Lipinski definition) is 4. The van der Waals surface area contributed by atoms with Crippen LogP contribution in [0.3, 0.4) is 0 Å². The summed E-state index contributed by atoms with van der Waals surface area (Å²) in [5, 5.41) is 0. The van der Waals surface area contributed by atoms with Crippen LogP contribution in [0.25, 0.3) is 0 Å². The van der Waals surface area contributed by atoms with Gasteiger partial charge in [0, 0.05) is 36.0 Å². The van der Waals surface area contributed by atoms with E-state index >= 15 is 0 Å². The maximum absolute atomic E-state index is 12.9. The molecule has 0 spiro atoms. The van der Waals surface area contributed by atoms with Crippen LogP contribution >= 0.6 is 11.8 Å². The predicted octanol–water partition coefficient (Wildman–Crippen LogP) is 3.29. The molecule has 0 heterocycles. The Morgan fingerprint density at radius 2 is 1.94 bits per heavy atom. The van der Waals surface area contributed by atoms with Crippen molar-refractivity contribution in [1.29, 1.82) is 0 Å². The first-order valence-electron chi connectivity index (χ1n) is 6.08. The summed E-state index contributed by atoms with van der Waals surface area (Å²) in [6.45, 7) is 5.15. The molecular formula is C13H20FNO2S. The molecular weight excluding hydrogens is 253 g/mol. The van der Waals surface area contributed by atoms with E-state index in [0.29, 0.717) is 18.9 Å².